The summed E-state index contributed by atoms with van der Waals surface area (Å²) >= 11 is 0. The van der Waals surface area contributed by atoms with Crippen LogP contribution in [0.1, 0.15) is 11.3 Å². The zero-order valence-electron chi connectivity index (χ0n) is 11.1. The van der Waals surface area contributed by atoms with E-state index in [1.54, 1.807) is 30.2 Å². The summed E-state index contributed by atoms with van der Waals surface area (Å²) in [6.07, 6.45) is 4.72. The first-order chi connectivity index (χ1) is 9.45. The molecule has 0 saturated carbocycles. The van der Waals surface area contributed by atoms with E-state index in [0.717, 1.165) is 5.56 Å². The second-order valence-electron chi connectivity index (χ2n) is 4.25. The van der Waals surface area contributed by atoms with E-state index < -0.39 is 10.0 Å². The van der Waals surface area contributed by atoms with E-state index in [0.29, 0.717) is 0 Å². The van der Waals surface area contributed by atoms with E-state index in [9.17, 15) is 8.42 Å². The van der Waals surface area contributed by atoms with Crippen molar-refractivity contribution >= 4 is 10.0 Å². The Bertz CT molecular complexity index is 760. The van der Waals surface area contributed by atoms with Crippen molar-refractivity contribution in [3.8, 4) is 6.07 Å². The summed E-state index contributed by atoms with van der Waals surface area (Å²) in [6, 6.07) is 4.66. The highest BCUT2D eigenvalue weighted by Crippen LogP contribution is 2.18. The summed E-state index contributed by atoms with van der Waals surface area (Å²) in [5, 5.41) is 12.9. The molecular formula is C12H13N5O2S. The Kier molecular flexibility index (Phi) is 3.83. The summed E-state index contributed by atoms with van der Waals surface area (Å²) in [4.78, 5) is 3.68. The molecule has 0 bridgehead atoms. The zero-order chi connectivity index (χ0) is 14.8. The lowest BCUT2D eigenvalue weighted by molar-refractivity contribution is 0.466. The lowest BCUT2D eigenvalue weighted by Crippen LogP contribution is -2.27. The summed E-state index contributed by atoms with van der Waals surface area (Å²) < 4.78 is 27.6. The Morgan fingerprint density at radius 2 is 2.25 bits per heavy atom. The number of hydrogen-bond acceptors (Lipinski definition) is 5. The maximum atomic E-state index is 12.4. The van der Waals surface area contributed by atoms with Crippen molar-refractivity contribution in [2.24, 2.45) is 7.05 Å². The maximum absolute atomic E-state index is 12.4. The second-order valence-corrected chi connectivity index (χ2v) is 6.26. The Morgan fingerprint density at radius 3 is 2.85 bits per heavy atom. The smallest absolute Gasteiger partial charge is 0.246 e. The van der Waals surface area contributed by atoms with Crippen LogP contribution in [0.4, 0.5) is 0 Å². The van der Waals surface area contributed by atoms with Gasteiger partial charge in [0.2, 0.25) is 10.0 Å². The van der Waals surface area contributed by atoms with Gasteiger partial charge in [-0.25, -0.2) is 13.4 Å². The topological polar surface area (TPSA) is 91.9 Å². The fraction of sp³-hybridized carbons (Fsp3) is 0.250. The van der Waals surface area contributed by atoms with Crippen LogP contribution in [0.2, 0.25) is 0 Å². The third-order valence-corrected chi connectivity index (χ3v) is 4.56. The van der Waals surface area contributed by atoms with Gasteiger partial charge in [0.25, 0.3) is 0 Å². The molecule has 8 heteroatoms. The molecular weight excluding hydrogens is 278 g/mol. The number of pyridine rings is 1. The predicted octanol–water partition coefficient (Wildman–Crippen LogP) is 0.507. The van der Waals surface area contributed by atoms with Crippen LogP contribution >= 0.6 is 0 Å². The molecule has 2 rings (SSSR count). The van der Waals surface area contributed by atoms with Crippen LogP contribution < -0.4 is 0 Å². The fourth-order valence-corrected chi connectivity index (χ4v) is 2.99. The van der Waals surface area contributed by atoms with Gasteiger partial charge in [0, 0.05) is 38.6 Å². The molecule has 0 saturated heterocycles. The van der Waals surface area contributed by atoms with Crippen LogP contribution in [-0.4, -0.2) is 34.5 Å². The minimum atomic E-state index is -3.76. The number of aromatic nitrogens is 3. The van der Waals surface area contributed by atoms with Crippen LogP contribution in [0.5, 0.6) is 0 Å². The molecule has 0 radical (unpaired) electrons. The van der Waals surface area contributed by atoms with Crippen LogP contribution in [-0.2, 0) is 23.6 Å². The molecule has 104 valence electrons. The Labute approximate surface area is 117 Å². The highest BCUT2D eigenvalue weighted by atomic mass is 32.2. The van der Waals surface area contributed by atoms with Gasteiger partial charge in [-0.2, -0.15) is 14.7 Å². The summed E-state index contributed by atoms with van der Waals surface area (Å²) in [7, 11) is -0.548. The Morgan fingerprint density at radius 1 is 1.50 bits per heavy atom. The van der Waals surface area contributed by atoms with Gasteiger partial charge in [-0.05, 0) is 12.1 Å². The number of hydrogen-bond donors (Lipinski definition) is 0. The summed E-state index contributed by atoms with van der Waals surface area (Å²) in [6.45, 7) is 0.177. The first kappa shape index (κ1) is 14.2. The van der Waals surface area contributed by atoms with E-state index in [4.69, 9.17) is 5.26 Å². The molecule has 0 aliphatic heterocycles. The van der Waals surface area contributed by atoms with Gasteiger partial charge in [-0.1, -0.05) is 0 Å². The lowest BCUT2D eigenvalue weighted by Gasteiger charge is -2.16. The number of nitriles is 1. The van der Waals surface area contributed by atoms with Crippen molar-refractivity contribution in [2.75, 3.05) is 7.05 Å². The quantitative estimate of drug-likeness (QED) is 0.818. The first-order valence-electron chi connectivity index (χ1n) is 5.74. The Hall–Kier alpha value is -2.24. The monoisotopic (exact) mass is 291 g/mol. The van der Waals surface area contributed by atoms with Gasteiger partial charge in [0.05, 0.1) is 6.20 Å². The van der Waals surface area contributed by atoms with Gasteiger partial charge in [-0.15, -0.1) is 0 Å². The van der Waals surface area contributed by atoms with Gasteiger partial charge < -0.3 is 0 Å². The molecule has 0 unspecified atom stereocenters. The number of nitrogens with zero attached hydrogens (tertiary/aromatic N) is 5. The maximum Gasteiger partial charge on any atom is 0.246 e. The van der Waals surface area contributed by atoms with Crippen LogP contribution in [0.3, 0.4) is 0 Å². The average Bonchev–Trinajstić information content (AvgIpc) is 2.84. The molecule has 0 aromatic carbocycles. The highest BCUT2D eigenvalue weighted by Gasteiger charge is 2.25. The van der Waals surface area contributed by atoms with Gasteiger partial charge in [0.1, 0.15) is 11.0 Å². The number of rotatable bonds is 4. The van der Waals surface area contributed by atoms with Gasteiger partial charge in [0.15, 0.2) is 5.69 Å². The molecule has 7 nitrogen and oxygen atoms in total. The number of aryl methyl sites for hydroxylation is 1. The van der Waals surface area contributed by atoms with Crippen LogP contribution in [0.15, 0.2) is 35.6 Å². The van der Waals surface area contributed by atoms with Crippen molar-refractivity contribution in [2.45, 2.75) is 11.4 Å². The molecule has 0 spiro atoms. The molecule has 20 heavy (non-hydrogen) atoms. The van der Waals surface area contributed by atoms with E-state index >= 15 is 0 Å². The van der Waals surface area contributed by atoms with E-state index in [1.807, 2.05) is 0 Å². The highest BCUT2D eigenvalue weighted by molar-refractivity contribution is 7.89. The second kappa shape index (κ2) is 5.40. The largest absolute Gasteiger partial charge is 0.275 e. The fourth-order valence-electron chi connectivity index (χ4n) is 1.75. The molecule has 0 aliphatic carbocycles. The molecule has 0 fully saturated rings. The van der Waals surface area contributed by atoms with E-state index in [1.165, 1.54) is 29.7 Å². The molecule has 2 aromatic rings. The Balaban J connectivity index is 2.32. The third-order valence-electron chi connectivity index (χ3n) is 2.73. The molecule has 2 heterocycles. The van der Waals surface area contributed by atoms with Crippen molar-refractivity contribution in [1.82, 2.24) is 19.1 Å². The normalized spacial score (nSPS) is 11.5. The van der Waals surface area contributed by atoms with E-state index in [-0.39, 0.29) is 17.1 Å². The minimum absolute atomic E-state index is 0.0890. The van der Waals surface area contributed by atoms with Gasteiger partial charge in [-0.3, -0.25) is 4.68 Å². The molecule has 0 amide bonds. The number of sulfonamides is 1. The van der Waals surface area contributed by atoms with Crippen LogP contribution in [0, 0.1) is 11.3 Å². The first-order valence-corrected chi connectivity index (χ1v) is 7.18. The van der Waals surface area contributed by atoms with Crippen molar-refractivity contribution in [3.05, 3.63) is 42.0 Å². The predicted molar refractivity (Wildman–Crippen MR) is 70.8 cm³/mol. The van der Waals surface area contributed by atoms with E-state index in [2.05, 4.69) is 10.1 Å². The third kappa shape index (κ3) is 2.68. The van der Waals surface area contributed by atoms with Crippen LogP contribution in [0.25, 0.3) is 0 Å². The van der Waals surface area contributed by atoms with Crippen molar-refractivity contribution in [1.29, 1.82) is 5.26 Å². The molecule has 0 aliphatic rings. The summed E-state index contributed by atoms with van der Waals surface area (Å²) in [5.74, 6) is 0. The lowest BCUT2D eigenvalue weighted by atomic mass is 10.4. The summed E-state index contributed by atoms with van der Waals surface area (Å²) in [5.41, 5.74) is 0.659. The van der Waals surface area contributed by atoms with Crippen molar-refractivity contribution in [3.63, 3.8) is 0 Å². The molecule has 0 N–H and O–H groups in total. The zero-order valence-corrected chi connectivity index (χ0v) is 11.9. The average molecular weight is 291 g/mol. The minimum Gasteiger partial charge on any atom is -0.275 e. The SMILES string of the molecule is CN(Cc1cnn(C)c1)S(=O)(=O)c1cccnc1C#N. The standard InChI is InChI=1S/C12H13N5O2S/c1-16-8-10(7-15-16)9-17(2)20(18,19)12-4-3-5-14-11(12)6-13/h3-5,7-8H,9H2,1-2H3. The van der Waals surface area contributed by atoms with Gasteiger partial charge >= 0.3 is 0 Å². The molecule has 2 aromatic heterocycles. The molecule has 0 atom stereocenters. The van der Waals surface area contributed by atoms with Crippen molar-refractivity contribution < 1.29 is 8.42 Å².